The number of rotatable bonds is 4. The molecule has 6 nitrogen and oxygen atoms in total. The molecule has 6 heteroatoms. The fourth-order valence-electron chi connectivity index (χ4n) is 2.67. The summed E-state index contributed by atoms with van der Waals surface area (Å²) in [6, 6.07) is 0. The first-order chi connectivity index (χ1) is 8.81. The highest BCUT2D eigenvalue weighted by Gasteiger charge is 2.59. The Kier molecular flexibility index (Phi) is 3.57. The van der Waals surface area contributed by atoms with Gasteiger partial charge in [-0.25, -0.2) is 0 Å². The summed E-state index contributed by atoms with van der Waals surface area (Å²) in [5, 5.41) is 9.20. The van der Waals surface area contributed by atoms with E-state index in [2.05, 4.69) is 0 Å². The van der Waals surface area contributed by atoms with E-state index >= 15 is 0 Å². The van der Waals surface area contributed by atoms with E-state index in [-0.39, 0.29) is 12.0 Å². The summed E-state index contributed by atoms with van der Waals surface area (Å²) < 4.78 is 10.9. The second kappa shape index (κ2) is 4.76. The van der Waals surface area contributed by atoms with E-state index in [1.54, 1.807) is 12.0 Å². The van der Waals surface area contributed by atoms with Crippen LogP contribution in [0.2, 0.25) is 0 Å². The molecule has 1 heterocycles. The minimum absolute atomic E-state index is 0.206. The summed E-state index contributed by atoms with van der Waals surface area (Å²) in [5.41, 5.74) is -1.66. The van der Waals surface area contributed by atoms with Crippen molar-refractivity contribution >= 4 is 11.9 Å². The number of aliphatic carboxylic acids is 1. The van der Waals surface area contributed by atoms with Crippen molar-refractivity contribution < 1.29 is 24.2 Å². The van der Waals surface area contributed by atoms with Gasteiger partial charge in [0.15, 0.2) is 0 Å². The number of methoxy groups -OCH3 is 1. The van der Waals surface area contributed by atoms with Gasteiger partial charge < -0.3 is 19.5 Å². The lowest BCUT2D eigenvalue weighted by molar-refractivity contribution is -0.176. The Morgan fingerprint density at radius 3 is 2.53 bits per heavy atom. The third-order valence-corrected chi connectivity index (χ3v) is 3.69. The molecule has 0 aromatic rings. The molecule has 1 saturated heterocycles. The molecule has 2 rings (SSSR count). The highest BCUT2D eigenvalue weighted by molar-refractivity contribution is 6.04. The van der Waals surface area contributed by atoms with Crippen LogP contribution in [0.1, 0.15) is 26.7 Å². The second-order valence-electron chi connectivity index (χ2n) is 6.03. The first-order valence-corrected chi connectivity index (χ1v) is 6.50. The molecule has 1 aliphatic heterocycles. The van der Waals surface area contributed by atoms with Gasteiger partial charge in [-0.15, -0.1) is 0 Å². The molecule has 19 heavy (non-hydrogen) atoms. The molecule has 108 valence electrons. The Bertz CT molecular complexity index is 388. The summed E-state index contributed by atoms with van der Waals surface area (Å²) in [4.78, 5) is 25.3. The van der Waals surface area contributed by atoms with Crippen LogP contribution in [0.15, 0.2) is 0 Å². The molecule has 0 spiro atoms. The fraction of sp³-hybridized carbons (Fsp3) is 0.846. The predicted molar refractivity (Wildman–Crippen MR) is 66.7 cm³/mol. The first-order valence-electron chi connectivity index (χ1n) is 6.50. The van der Waals surface area contributed by atoms with Crippen LogP contribution in [0.25, 0.3) is 0 Å². The maximum absolute atomic E-state index is 12.4. The van der Waals surface area contributed by atoms with Gasteiger partial charge in [0.05, 0.1) is 18.3 Å². The number of carboxylic acid groups (broad SMARTS) is 1. The Balaban J connectivity index is 2.11. The molecular weight excluding hydrogens is 250 g/mol. The van der Waals surface area contributed by atoms with Crippen molar-refractivity contribution in [3.63, 3.8) is 0 Å². The topological polar surface area (TPSA) is 76.1 Å². The van der Waals surface area contributed by atoms with Gasteiger partial charge in [0.25, 0.3) is 0 Å². The number of carbonyl (C=O) groups is 2. The summed E-state index contributed by atoms with van der Waals surface area (Å²) in [6.45, 7) is 5.00. The molecule has 1 saturated carbocycles. The van der Waals surface area contributed by atoms with Crippen molar-refractivity contribution in [2.75, 3.05) is 26.8 Å². The fourth-order valence-corrected chi connectivity index (χ4v) is 2.67. The molecule has 1 amide bonds. The van der Waals surface area contributed by atoms with Gasteiger partial charge in [0.1, 0.15) is 5.41 Å². The number of nitrogens with zero attached hydrogens (tertiary/aromatic N) is 1. The van der Waals surface area contributed by atoms with Gasteiger partial charge in [-0.2, -0.15) is 0 Å². The van der Waals surface area contributed by atoms with Crippen molar-refractivity contribution in [1.82, 2.24) is 4.90 Å². The lowest BCUT2D eigenvalue weighted by Gasteiger charge is -2.43. The van der Waals surface area contributed by atoms with Crippen LogP contribution in [-0.4, -0.2) is 60.4 Å². The maximum Gasteiger partial charge on any atom is 0.319 e. The number of morpholine rings is 1. The monoisotopic (exact) mass is 271 g/mol. The number of ether oxygens (including phenoxy) is 2. The maximum atomic E-state index is 12.4. The highest BCUT2D eigenvalue weighted by atomic mass is 16.5. The number of hydrogen-bond acceptors (Lipinski definition) is 4. The average molecular weight is 271 g/mol. The van der Waals surface area contributed by atoms with Crippen molar-refractivity contribution in [2.24, 2.45) is 5.41 Å². The molecule has 1 aliphatic carbocycles. The molecule has 1 unspecified atom stereocenters. The molecule has 0 bridgehead atoms. The predicted octanol–water partition coefficient (Wildman–Crippen LogP) is 0.504. The van der Waals surface area contributed by atoms with Crippen LogP contribution in [0, 0.1) is 5.41 Å². The van der Waals surface area contributed by atoms with Crippen LogP contribution < -0.4 is 0 Å². The largest absolute Gasteiger partial charge is 0.480 e. The van der Waals surface area contributed by atoms with E-state index in [0.29, 0.717) is 32.5 Å². The minimum Gasteiger partial charge on any atom is -0.480 e. The standard InChI is InChI=1S/C13H21NO5/c1-12(2)8-14(6-9(19-12)7-18-3)10(15)13(4-5-13)11(16)17/h9H,4-8H2,1-3H3,(H,16,17). The minimum atomic E-state index is -1.18. The lowest BCUT2D eigenvalue weighted by Crippen LogP contribution is -2.57. The molecular formula is C13H21NO5. The number of carbonyl (C=O) groups excluding carboxylic acids is 1. The van der Waals surface area contributed by atoms with E-state index in [1.807, 2.05) is 13.8 Å². The number of hydrogen-bond donors (Lipinski definition) is 1. The highest BCUT2D eigenvalue weighted by Crippen LogP contribution is 2.48. The van der Waals surface area contributed by atoms with Crippen LogP contribution >= 0.6 is 0 Å². The summed E-state index contributed by atoms with van der Waals surface area (Å²) in [5.74, 6) is -1.29. The van der Waals surface area contributed by atoms with Gasteiger partial charge in [0, 0.05) is 20.2 Å². The first kappa shape index (κ1) is 14.3. The van der Waals surface area contributed by atoms with E-state index in [1.165, 1.54) is 0 Å². The van der Waals surface area contributed by atoms with Gasteiger partial charge in [0.2, 0.25) is 5.91 Å². The van der Waals surface area contributed by atoms with Crippen LogP contribution in [0.3, 0.4) is 0 Å². The van der Waals surface area contributed by atoms with E-state index in [0.717, 1.165) is 0 Å². The number of carboxylic acids is 1. The Morgan fingerprint density at radius 1 is 1.42 bits per heavy atom. The SMILES string of the molecule is COCC1CN(C(=O)C2(C(=O)O)CC2)CC(C)(C)O1. The quantitative estimate of drug-likeness (QED) is 0.754. The van der Waals surface area contributed by atoms with Gasteiger partial charge >= 0.3 is 5.97 Å². The van der Waals surface area contributed by atoms with Gasteiger partial charge in [-0.3, -0.25) is 9.59 Å². The van der Waals surface area contributed by atoms with Crippen molar-refractivity contribution in [3.8, 4) is 0 Å². The molecule has 2 aliphatic rings. The summed E-state index contributed by atoms with van der Waals surface area (Å²) in [6.07, 6.45) is 0.671. The Hall–Kier alpha value is -1.14. The van der Waals surface area contributed by atoms with Crippen LogP contribution in [0.4, 0.5) is 0 Å². The molecule has 0 aromatic heterocycles. The third kappa shape index (κ3) is 2.74. The van der Waals surface area contributed by atoms with Crippen molar-refractivity contribution in [2.45, 2.75) is 38.4 Å². The second-order valence-corrected chi connectivity index (χ2v) is 6.03. The van der Waals surface area contributed by atoms with E-state index in [4.69, 9.17) is 9.47 Å². The van der Waals surface area contributed by atoms with Crippen molar-refractivity contribution in [1.29, 1.82) is 0 Å². The van der Waals surface area contributed by atoms with Crippen LogP contribution in [-0.2, 0) is 19.1 Å². The lowest BCUT2D eigenvalue weighted by atomic mass is 10.0. The third-order valence-electron chi connectivity index (χ3n) is 3.69. The van der Waals surface area contributed by atoms with Gasteiger partial charge in [-0.05, 0) is 26.7 Å². The average Bonchev–Trinajstić information content (AvgIpc) is 3.07. The molecule has 1 N–H and O–H groups in total. The Labute approximate surface area is 112 Å². The molecule has 0 aromatic carbocycles. The van der Waals surface area contributed by atoms with E-state index in [9.17, 15) is 14.7 Å². The zero-order chi connectivity index (χ0) is 14.3. The normalized spacial score (nSPS) is 27.9. The van der Waals surface area contributed by atoms with Crippen molar-refractivity contribution in [3.05, 3.63) is 0 Å². The summed E-state index contributed by atoms with van der Waals surface area (Å²) >= 11 is 0. The molecule has 1 atom stereocenters. The van der Waals surface area contributed by atoms with Crippen LogP contribution in [0.5, 0.6) is 0 Å². The van der Waals surface area contributed by atoms with E-state index < -0.39 is 17.0 Å². The van der Waals surface area contributed by atoms with Gasteiger partial charge in [-0.1, -0.05) is 0 Å². The zero-order valence-corrected chi connectivity index (χ0v) is 11.6. The summed E-state index contributed by atoms with van der Waals surface area (Å²) in [7, 11) is 1.58. The Morgan fingerprint density at radius 2 is 2.05 bits per heavy atom. The smallest absolute Gasteiger partial charge is 0.319 e. The number of amides is 1. The zero-order valence-electron chi connectivity index (χ0n) is 11.6. The molecule has 2 fully saturated rings. The molecule has 0 radical (unpaired) electrons.